The molecule has 10 nitrogen and oxygen atoms in total. The number of allylic oxidation sites excluding steroid dienone is 2. The Bertz CT molecular complexity index is 1410. The van der Waals surface area contributed by atoms with Crippen molar-refractivity contribution in [3.63, 3.8) is 0 Å². The van der Waals surface area contributed by atoms with Gasteiger partial charge in [0.15, 0.2) is 6.61 Å². The maximum Gasteiger partial charge on any atom is 0.419 e. The summed E-state index contributed by atoms with van der Waals surface area (Å²) in [4.78, 5) is 50.7. The van der Waals surface area contributed by atoms with Crippen LogP contribution in [0.1, 0.15) is 55.3 Å². The standard InChI is InChI=1S/C29H33N3O7/c1-18(2)14-23(30-31-27(35)19-10-9-11-20(15-19)38-17-25(33)37-6)26(34)22-16-32(28(36)39-29(3,4)5)24-13-8-7-12-21(22)24/h7-16,18,30H,17H2,1-6H3,(H,31,35). The van der Waals surface area contributed by atoms with Gasteiger partial charge in [-0.3, -0.25) is 25.0 Å². The number of para-hydroxylation sites is 1. The third-order valence-electron chi connectivity index (χ3n) is 5.28. The van der Waals surface area contributed by atoms with Gasteiger partial charge in [0.25, 0.3) is 5.91 Å². The van der Waals surface area contributed by atoms with E-state index in [4.69, 9.17) is 9.47 Å². The second-order valence-electron chi connectivity index (χ2n) is 10.0. The van der Waals surface area contributed by atoms with E-state index in [2.05, 4.69) is 15.6 Å². The molecule has 0 aliphatic heterocycles. The van der Waals surface area contributed by atoms with Crippen LogP contribution in [0.3, 0.4) is 0 Å². The predicted octanol–water partition coefficient (Wildman–Crippen LogP) is 4.63. The molecule has 0 aliphatic carbocycles. The maximum atomic E-state index is 13.7. The number of hydrogen-bond acceptors (Lipinski definition) is 8. The molecule has 3 aromatic rings. The number of esters is 1. The quantitative estimate of drug-likeness (QED) is 0.176. The Kier molecular flexibility index (Phi) is 9.13. The topological polar surface area (TPSA) is 125 Å². The molecule has 0 saturated heterocycles. The van der Waals surface area contributed by atoms with Gasteiger partial charge in [-0.05, 0) is 51.0 Å². The predicted molar refractivity (Wildman–Crippen MR) is 145 cm³/mol. The van der Waals surface area contributed by atoms with Crippen molar-refractivity contribution in [3.05, 3.63) is 77.6 Å². The van der Waals surface area contributed by atoms with Gasteiger partial charge >= 0.3 is 12.1 Å². The summed E-state index contributed by atoms with van der Waals surface area (Å²) in [5.41, 5.74) is 5.72. The number of benzene rings is 2. The van der Waals surface area contributed by atoms with Gasteiger partial charge in [-0.25, -0.2) is 9.59 Å². The van der Waals surface area contributed by atoms with E-state index in [0.29, 0.717) is 16.7 Å². The summed E-state index contributed by atoms with van der Waals surface area (Å²) in [5.74, 6) is -1.24. The van der Waals surface area contributed by atoms with Gasteiger partial charge in [0.2, 0.25) is 5.78 Å². The number of methoxy groups -OCH3 is 1. The molecule has 0 bridgehead atoms. The van der Waals surface area contributed by atoms with E-state index in [1.807, 2.05) is 13.8 Å². The van der Waals surface area contributed by atoms with E-state index in [0.717, 1.165) is 0 Å². The third kappa shape index (κ3) is 7.70. The first-order chi connectivity index (χ1) is 18.4. The molecule has 0 saturated carbocycles. The minimum Gasteiger partial charge on any atom is -0.482 e. The molecule has 0 radical (unpaired) electrons. The number of nitrogens with zero attached hydrogens (tertiary/aromatic N) is 1. The molecular weight excluding hydrogens is 502 g/mol. The van der Waals surface area contributed by atoms with Crippen LogP contribution in [-0.2, 0) is 14.3 Å². The smallest absolute Gasteiger partial charge is 0.419 e. The lowest BCUT2D eigenvalue weighted by molar-refractivity contribution is -0.142. The highest BCUT2D eigenvalue weighted by Gasteiger charge is 2.24. The second-order valence-corrected chi connectivity index (χ2v) is 10.0. The summed E-state index contributed by atoms with van der Waals surface area (Å²) < 4.78 is 16.7. The van der Waals surface area contributed by atoms with Gasteiger partial charge in [0.1, 0.15) is 11.4 Å². The molecule has 206 valence electrons. The molecule has 2 aromatic carbocycles. The number of hydrazine groups is 1. The Balaban J connectivity index is 1.84. The van der Waals surface area contributed by atoms with Crippen molar-refractivity contribution in [2.45, 2.75) is 40.2 Å². The van der Waals surface area contributed by atoms with Crippen LogP contribution < -0.4 is 15.6 Å². The van der Waals surface area contributed by atoms with Crippen molar-refractivity contribution >= 4 is 34.7 Å². The van der Waals surface area contributed by atoms with E-state index >= 15 is 0 Å². The van der Waals surface area contributed by atoms with Gasteiger partial charge < -0.3 is 14.2 Å². The zero-order chi connectivity index (χ0) is 28.7. The Morgan fingerprint density at radius 2 is 1.72 bits per heavy atom. The van der Waals surface area contributed by atoms with Crippen molar-refractivity contribution in [1.29, 1.82) is 0 Å². The lowest BCUT2D eigenvalue weighted by Crippen LogP contribution is -2.39. The van der Waals surface area contributed by atoms with Crippen LogP contribution in [0.5, 0.6) is 5.75 Å². The molecule has 39 heavy (non-hydrogen) atoms. The number of rotatable bonds is 9. The largest absolute Gasteiger partial charge is 0.482 e. The van der Waals surface area contributed by atoms with E-state index in [1.165, 1.54) is 23.9 Å². The first-order valence-corrected chi connectivity index (χ1v) is 12.4. The van der Waals surface area contributed by atoms with Gasteiger partial charge in [-0.1, -0.05) is 44.2 Å². The highest BCUT2D eigenvalue weighted by Crippen LogP contribution is 2.25. The molecule has 0 aliphatic rings. The average Bonchev–Trinajstić information content (AvgIpc) is 3.28. The highest BCUT2D eigenvalue weighted by molar-refractivity contribution is 6.17. The van der Waals surface area contributed by atoms with Crippen molar-refractivity contribution in [2.75, 3.05) is 13.7 Å². The molecular formula is C29H33N3O7. The van der Waals surface area contributed by atoms with Gasteiger partial charge in [-0.15, -0.1) is 0 Å². The van der Waals surface area contributed by atoms with Crippen molar-refractivity contribution in [2.24, 2.45) is 5.92 Å². The molecule has 0 fully saturated rings. The summed E-state index contributed by atoms with van der Waals surface area (Å²) in [6.07, 6.45) is 2.52. The number of ketones is 1. The number of fused-ring (bicyclic) bond motifs is 1. The van der Waals surface area contributed by atoms with Gasteiger partial charge in [0.05, 0.1) is 23.9 Å². The highest BCUT2D eigenvalue weighted by atomic mass is 16.6. The van der Waals surface area contributed by atoms with Gasteiger partial charge in [0, 0.05) is 17.1 Å². The number of carbonyl (C=O) groups is 4. The van der Waals surface area contributed by atoms with Crippen LogP contribution >= 0.6 is 0 Å². The molecule has 0 atom stereocenters. The summed E-state index contributed by atoms with van der Waals surface area (Å²) in [6, 6.07) is 13.2. The lowest BCUT2D eigenvalue weighted by Gasteiger charge is -2.19. The molecule has 1 amide bonds. The van der Waals surface area contributed by atoms with Crippen molar-refractivity contribution < 1.29 is 33.4 Å². The molecule has 1 heterocycles. The van der Waals surface area contributed by atoms with Crippen LogP contribution in [0.4, 0.5) is 4.79 Å². The number of Topliss-reactive ketones (excluding diaryl/α,β-unsaturated/α-hetero) is 1. The summed E-state index contributed by atoms with van der Waals surface area (Å²) >= 11 is 0. The fourth-order valence-electron chi connectivity index (χ4n) is 3.60. The van der Waals surface area contributed by atoms with E-state index in [9.17, 15) is 19.2 Å². The SMILES string of the molecule is COC(=O)COc1cccc(C(=O)NNC(=CC(C)C)C(=O)c2cn(C(=O)OC(C)(C)C)c3ccccc23)c1. The average molecular weight is 536 g/mol. The fourth-order valence-corrected chi connectivity index (χ4v) is 3.60. The Hall–Kier alpha value is -4.60. The minimum atomic E-state index is -0.719. The first-order valence-electron chi connectivity index (χ1n) is 12.4. The maximum absolute atomic E-state index is 13.7. The first kappa shape index (κ1) is 29.0. The van der Waals surface area contributed by atoms with Crippen LogP contribution in [0.25, 0.3) is 10.9 Å². The number of hydrogen-bond donors (Lipinski definition) is 2. The van der Waals surface area contributed by atoms with Gasteiger partial charge in [-0.2, -0.15) is 0 Å². The normalized spacial score (nSPS) is 11.7. The number of carbonyl (C=O) groups excluding carboxylic acids is 4. The number of aromatic nitrogens is 1. The second kappa shape index (κ2) is 12.3. The Morgan fingerprint density at radius 3 is 2.38 bits per heavy atom. The third-order valence-corrected chi connectivity index (χ3v) is 5.28. The van der Waals surface area contributed by atoms with Crippen molar-refractivity contribution in [1.82, 2.24) is 15.4 Å². The summed E-state index contributed by atoms with van der Waals surface area (Å²) in [7, 11) is 1.25. The minimum absolute atomic E-state index is 0.0393. The summed E-state index contributed by atoms with van der Waals surface area (Å²) in [6.45, 7) is 8.78. The summed E-state index contributed by atoms with van der Waals surface area (Å²) in [5, 5.41) is 0.562. The molecule has 1 aromatic heterocycles. The zero-order valence-corrected chi connectivity index (χ0v) is 22.9. The molecule has 0 unspecified atom stereocenters. The number of nitrogens with one attached hydrogen (secondary N) is 2. The van der Waals surface area contributed by atoms with E-state index < -0.39 is 29.4 Å². The number of ether oxygens (including phenoxy) is 3. The fraction of sp³-hybridized carbons (Fsp3) is 0.310. The monoisotopic (exact) mass is 535 g/mol. The Morgan fingerprint density at radius 1 is 1.00 bits per heavy atom. The zero-order valence-electron chi connectivity index (χ0n) is 22.9. The van der Waals surface area contributed by atoms with Crippen LogP contribution in [0.2, 0.25) is 0 Å². The molecule has 10 heteroatoms. The molecule has 3 rings (SSSR count). The lowest BCUT2D eigenvalue weighted by atomic mass is 10.0. The van der Waals surface area contributed by atoms with Crippen LogP contribution in [-0.4, -0.2) is 47.6 Å². The molecule has 2 N–H and O–H groups in total. The van der Waals surface area contributed by atoms with Crippen LogP contribution in [0, 0.1) is 5.92 Å². The van der Waals surface area contributed by atoms with Crippen LogP contribution in [0.15, 0.2) is 66.5 Å². The Labute approximate surface area is 226 Å². The van der Waals surface area contributed by atoms with Crippen molar-refractivity contribution in [3.8, 4) is 5.75 Å². The van der Waals surface area contributed by atoms with E-state index in [1.54, 1.807) is 69.3 Å². The van der Waals surface area contributed by atoms with E-state index in [-0.39, 0.29) is 29.3 Å². The number of amides is 1. The molecule has 0 spiro atoms.